The summed E-state index contributed by atoms with van der Waals surface area (Å²) in [5.74, 6) is -0.355. The van der Waals surface area contributed by atoms with Crippen molar-refractivity contribution in [2.45, 2.75) is 13.0 Å². The van der Waals surface area contributed by atoms with Crippen molar-refractivity contribution in [3.63, 3.8) is 0 Å². The molecule has 1 aliphatic heterocycles. The molecule has 7 heteroatoms. The molecule has 1 heterocycles. The maximum absolute atomic E-state index is 12.3. The third-order valence-corrected chi connectivity index (χ3v) is 3.36. The van der Waals surface area contributed by atoms with Gasteiger partial charge in [0.1, 0.15) is 6.61 Å². The maximum Gasteiger partial charge on any atom is 0.338 e. The number of esters is 1. The molecule has 7 nitrogen and oxygen atoms in total. The number of amides is 2. The third kappa shape index (κ3) is 3.45. The first kappa shape index (κ1) is 16.4. The molecular weight excluding hydrogens is 300 g/mol. The number of carbonyl (C=O) groups is 2. The molecule has 0 aliphatic carbocycles. The van der Waals surface area contributed by atoms with Crippen LogP contribution >= 0.6 is 0 Å². The number of phenols is 1. The average Bonchev–Trinajstić information content (AvgIpc) is 2.52. The number of methoxy groups -OCH3 is 1. The minimum absolute atomic E-state index is 0.0343. The van der Waals surface area contributed by atoms with Crippen molar-refractivity contribution in [3.05, 3.63) is 47.7 Å². The van der Waals surface area contributed by atoms with Crippen molar-refractivity contribution in [3.8, 4) is 11.5 Å². The Kier molecular flexibility index (Phi) is 4.90. The topological polar surface area (TPSA) is 96.9 Å². The van der Waals surface area contributed by atoms with Crippen LogP contribution in [0.2, 0.25) is 0 Å². The second-order valence-electron chi connectivity index (χ2n) is 4.89. The molecule has 1 aromatic rings. The van der Waals surface area contributed by atoms with E-state index in [1.807, 2.05) is 0 Å². The first-order chi connectivity index (χ1) is 11.0. The lowest BCUT2D eigenvalue weighted by atomic mass is 9.95. The number of phenolic OH excluding ortho intramolecular Hbond substituents is 1. The molecule has 0 fully saturated rings. The highest BCUT2D eigenvalue weighted by Crippen LogP contribution is 2.33. The molecular formula is C16H18N2O5. The number of hydrogen-bond donors (Lipinski definition) is 3. The summed E-state index contributed by atoms with van der Waals surface area (Å²) in [4.78, 5) is 24.0. The Bertz CT molecular complexity index is 681. The molecule has 1 unspecified atom stereocenters. The normalized spacial score (nSPS) is 17.1. The minimum Gasteiger partial charge on any atom is -0.504 e. The standard InChI is InChI=1S/C16H18N2O5/c1-4-7-23-15(20)13-9(2)17-16(21)18-14(13)10-5-6-11(19)12(8-10)22-3/h4-6,8,14,19H,1,7H2,2-3H3,(H2,17,18,21). The second-order valence-corrected chi connectivity index (χ2v) is 4.89. The largest absolute Gasteiger partial charge is 0.504 e. The molecule has 122 valence electrons. The molecule has 3 N–H and O–H groups in total. The van der Waals surface area contributed by atoms with Gasteiger partial charge in [0.15, 0.2) is 11.5 Å². The van der Waals surface area contributed by atoms with Crippen LogP contribution in [0.3, 0.4) is 0 Å². The lowest BCUT2D eigenvalue weighted by Gasteiger charge is -2.28. The van der Waals surface area contributed by atoms with Crippen molar-refractivity contribution >= 4 is 12.0 Å². The molecule has 0 saturated carbocycles. The van der Waals surface area contributed by atoms with E-state index in [0.29, 0.717) is 11.3 Å². The van der Waals surface area contributed by atoms with E-state index in [-0.39, 0.29) is 23.7 Å². The van der Waals surface area contributed by atoms with Gasteiger partial charge in [-0.05, 0) is 24.6 Å². The molecule has 1 atom stereocenters. The molecule has 23 heavy (non-hydrogen) atoms. The fourth-order valence-corrected chi connectivity index (χ4v) is 2.30. The van der Waals surface area contributed by atoms with E-state index in [9.17, 15) is 14.7 Å². The van der Waals surface area contributed by atoms with Crippen LogP contribution in [0.25, 0.3) is 0 Å². The number of hydrogen-bond acceptors (Lipinski definition) is 5. The summed E-state index contributed by atoms with van der Waals surface area (Å²) in [6, 6.07) is 3.45. The third-order valence-electron chi connectivity index (χ3n) is 3.36. The first-order valence-electron chi connectivity index (χ1n) is 6.91. The molecule has 0 aromatic heterocycles. The van der Waals surface area contributed by atoms with E-state index in [4.69, 9.17) is 9.47 Å². The fourth-order valence-electron chi connectivity index (χ4n) is 2.30. The summed E-state index contributed by atoms with van der Waals surface area (Å²) in [5, 5.41) is 14.9. The van der Waals surface area contributed by atoms with Crippen molar-refractivity contribution in [2.75, 3.05) is 13.7 Å². The molecule has 2 amide bonds. The van der Waals surface area contributed by atoms with Gasteiger partial charge in [-0.1, -0.05) is 18.7 Å². The maximum atomic E-state index is 12.3. The lowest BCUT2D eigenvalue weighted by molar-refractivity contribution is -0.138. The molecule has 0 radical (unpaired) electrons. The summed E-state index contributed by atoms with van der Waals surface area (Å²) >= 11 is 0. The van der Waals surface area contributed by atoms with Crippen LogP contribution in [0, 0.1) is 0 Å². The number of nitrogens with one attached hydrogen (secondary N) is 2. The van der Waals surface area contributed by atoms with Gasteiger partial charge in [-0.2, -0.15) is 0 Å². The predicted octanol–water partition coefficient (Wildman–Crippen LogP) is 1.76. The van der Waals surface area contributed by atoms with Gasteiger partial charge >= 0.3 is 12.0 Å². The number of rotatable bonds is 5. The molecule has 2 rings (SSSR count). The minimum atomic E-state index is -0.712. The Morgan fingerprint density at radius 3 is 2.87 bits per heavy atom. The average molecular weight is 318 g/mol. The Morgan fingerprint density at radius 2 is 2.22 bits per heavy atom. The Balaban J connectivity index is 2.44. The highest BCUT2D eigenvalue weighted by molar-refractivity contribution is 5.95. The second kappa shape index (κ2) is 6.87. The SMILES string of the molecule is C=CCOC(=O)C1=C(C)NC(=O)NC1c1ccc(O)c(OC)c1. The van der Waals surface area contributed by atoms with Crippen molar-refractivity contribution < 1.29 is 24.2 Å². The lowest BCUT2D eigenvalue weighted by Crippen LogP contribution is -2.45. The molecule has 1 aromatic carbocycles. The molecule has 1 aliphatic rings. The van der Waals surface area contributed by atoms with Crippen LogP contribution in [-0.4, -0.2) is 30.8 Å². The van der Waals surface area contributed by atoms with Crippen molar-refractivity contribution in [2.24, 2.45) is 0 Å². The van der Waals surface area contributed by atoms with Crippen molar-refractivity contribution in [1.82, 2.24) is 10.6 Å². The highest BCUT2D eigenvalue weighted by Gasteiger charge is 2.32. The van der Waals surface area contributed by atoms with E-state index >= 15 is 0 Å². The number of carbonyl (C=O) groups excluding carboxylic acids is 2. The Labute approximate surface area is 133 Å². The highest BCUT2D eigenvalue weighted by atomic mass is 16.5. The quantitative estimate of drug-likeness (QED) is 0.568. The van der Waals surface area contributed by atoms with E-state index in [2.05, 4.69) is 17.2 Å². The first-order valence-corrected chi connectivity index (χ1v) is 6.91. The summed E-state index contributed by atoms with van der Waals surface area (Å²) in [6.45, 7) is 5.18. The summed E-state index contributed by atoms with van der Waals surface area (Å²) < 4.78 is 10.1. The Hall–Kier alpha value is -2.96. The fraction of sp³-hybridized carbons (Fsp3) is 0.250. The van der Waals surface area contributed by atoms with Crippen LogP contribution in [-0.2, 0) is 9.53 Å². The van der Waals surface area contributed by atoms with Gasteiger partial charge in [-0.3, -0.25) is 0 Å². The van der Waals surface area contributed by atoms with Gasteiger partial charge in [0.2, 0.25) is 0 Å². The van der Waals surface area contributed by atoms with Gasteiger partial charge < -0.3 is 25.2 Å². The monoisotopic (exact) mass is 318 g/mol. The zero-order valence-corrected chi connectivity index (χ0v) is 12.9. The van der Waals surface area contributed by atoms with Gasteiger partial charge in [-0.15, -0.1) is 0 Å². The van der Waals surface area contributed by atoms with Crippen LogP contribution < -0.4 is 15.4 Å². The number of allylic oxidation sites excluding steroid dienone is 1. The van der Waals surface area contributed by atoms with Gasteiger partial charge in [0.25, 0.3) is 0 Å². The molecule has 0 bridgehead atoms. The smallest absolute Gasteiger partial charge is 0.338 e. The zero-order valence-electron chi connectivity index (χ0n) is 12.9. The zero-order chi connectivity index (χ0) is 17.0. The van der Waals surface area contributed by atoms with Crippen molar-refractivity contribution in [1.29, 1.82) is 0 Å². The number of ether oxygens (including phenoxy) is 2. The summed E-state index contributed by atoms with van der Waals surface area (Å²) in [6.07, 6.45) is 1.46. The van der Waals surface area contributed by atoms with Gasteiger partial charge in [0, 0.05) is 5.70 Å². The van der Waals surface area contributed by atoms with E-state index in [1.165, 1.54) is 19.3 Å². The summed E-state index contributed by atoms with van der Waals surface area (Å²) in [7, 11) is 1.42. The Morgan fingerprint density at radius 1 is 1.48 bits per heavy atom. The van der Waals surface area contributed by atoms with Gasteiger partial charge in [0.05, 0.1) is 18.7 Å². The predicted molar refractivity (Wildman–Crippen MR) is 82.9 cm³/mol. The summed E-state index contributed by atoms with van der Waals surface area (Å²) in [5.41, 5.74) is 1.26. The van der Waals surface area contributed by atoms with E-state index < -0.39 is 18.0 Å². The number of benzene rings is 1. The van der Waals surface area contributed by atoms with Crippen LogP contribution in [0.5, 0.6) is 11.5 Å². The number of urea groups is 1. The number of aromatic hydroxyl groups is 1. The molecule has 0 spiro atoms. The van der Waals surface area contributed by atoms with E-state index in [0.717, 1.165) is 0 Å². The van der Waals surface area contributed by atoms with E-state index in [1.54, 1.807) is 19.1 Å². The van der Waals surface area contributed by atoms with Crippen LogP contribution in [0.15, 0.2) is 42.1 Å². The molecule has 0 saturated heterocycles. The van der Waals surface area contributed by atoms with Crippen LogP contribution in [0.1, 0.15) is 18.5 Å². The van der Waals surface area contributed by atoms with Crippen LogP contribution in [0.4, 0.5) is 4.79 Å². The van der Waals surface area contributed by atoms with Gasteiger partial charge in [-0.25, -0.2) is 9.59 Å².